The van der Waals surface area contributed by atoms with Crippen molar-refractivity contribution in [1.29, 1.82) is 0 Å². The number of likely N-dealkylation sites (N-methyl/N-ethyl adjacent to an activating group) is 2. The zero-order valence-electron chi connectivity index (χ0n) is 14.6. The van der Waals surface area contributed by atoms with Crippen LogP contribution in [0.15, 0.2) is 0 Å². The summed E-state index contributed by atoms with van der Waals surface area (Å²) in [6.07, 6.45) is 0.358. The first-order chi connectivity index (χ1) is 8.34. The molecule has 0 aliphatic heterocycles. The van der Waals surface area contributed by atoms with Crippen LogP contribution in [0.25, 0.3) is 0 Å². The highest BCUT2D eigenvalue weighted by atomic mass is 127. The van der Waals surface area contributed by atoms with Crippen LogP contribution in [0.4, 0.5) is 0 Å². The Kier molecular flexibility index (Phi) is 16.9. The summed E-state index contributed by atoms with van der Waals surface area (Å²) in [5.41, 5.74) is 0. The predicted molar refractivity (Wildman–Crippen MR) is 79.7 cm³/mol. The van der Waals surface area contributed by atoms with Crippen LogP contribution in [-0.4, -0.2) is 75.0 Å². The zero-order valence-corrected chi connectivity index (χ0v) is 18.9. The van der Waals surface area contributed by atoms with Gasteiger partial charge in [-0.05, 0) is 34.6 Å². The lowest BCUT2D eigenvalue weighted by Crippen LogP contribution is -3.00. The van der Waals surface area contributed by atoms with Crippen molar-refractivity contribution in [3.8, 4) is 0 Å². The minimum atomic E-state index is 0. The van der Waals surface area contributed by atoms with Gasteiger partial charge in [-0.1, -0.05) is 0 Å². The van der Waals surface area contributed by atoms with Crippen LogP contribution in [-0.2, 0) is 4.74 Å². The molecule has 0 radical (unpaired) electrons. The number of hydrogen-bond donors (Lipinski definition) is 0. The number of halogens is 2. The molecule has 0 bridgehead atoms. The van der Waals surface area contributed by atoms with E-state index in [9.17, 15) is 0 Å². The van der Waals surface area contributed by atoms with E-state index in [0.29, 0.717) is 6.10 Å². The zero-order chi connectivity index (χ0) is 14.2. The average molecular weight is 514 g/mol. The number of nitrogens with zero attached hydrogens (tertiary/aromatic N) is 2. The molecule has 0 amide bonds. The fourth-order valence-electron chi connectivity index (χ4n) is 2.17. The summed E-state index contributed by atoms with van der Waals surface area (Å²) in [7, 11) is 4.63. The van der Waals surface area contributed by atoms with Gasteiger partial charge in [0.15, 0.2) is 0 Å². The molecule has 1 atom stereocenters. The second kappa shape index (κ2) is 12.8. The average Bonchev–Trinajstić information content (AvgIpc) is 2.38. The van der Waals surface area contributed by atoms with Crippen LogP contribution in [0.5, 0.6) is 0 Å². The van der Waals surface area contributed by atoms with Gasteiger partial charge in [-0.25, -0.2) is 0 Å². The maximum atomic E-state index is 6.01. The molecule has 0 N–H and O–H groups in total. The van der Waals surface area contributed by atoms with Crippen molar-refractivity contribution in [2.45, 2.75) is 40.7 Å². The lowest BCUT2D eigenvalue weighted by Gasteiger charge is -2.35. The molecule has 20 heavy (non-hydrogen) atoms. The van der Waals surface area contributed by atoms with Crippen molar-refractivity contribution >= 4 is 0 Å². The SMILES string of the molecule is CC[N+](C)(CC)CCOC(C)C[N+](C)(CC)CC.[I-].[I-]. The van der Waals surface area contributed by atoms with Crippen molar-refractivity contribution in [2.75, 3.05) is 60.0 Å². The Labute approximate surface area is 161 Å². The third-order valence-corrected chi connectivity index (χ3v) is 4.79. The van der Waals surface area contributed by atoms with E-state index in [1.165, 1.54) is 26.2 Å². The van der Waals surface area contributed by atoms with Gasteiger partial charge >= 0.3 is 0 Å². The Morgan fingerprint density at radius 2 is 1.20 bits per heavy atom. The highest BCUT2D eigenvalue weighted by Gasteiger charge is 2.22. The molecule has 0 spiro atoms. The summed E-state index contributed by atoms with van der Waals surface area (Å²) >= 11 is 0. The van der Waals surface area contributed by atoms with E-state index >= 15 is 0 Å². The van der Waals surface area contributed by atoms with Gasteiger partial charge < -0.3 is 61.7 Å². The number of rotatable bonds is 10. The van der Waals surface area contributed by atoms with Crippen molar-refractivity contribution in [3.63, 3.8) is 0 Å². The van der Waals surface area contributed by atoms with Gasteiger partial charge in [-0.15, -0.1) is 0 Å². The minimum absolute atomic E-state index is 0. The van der Waals surface area contributed by atoms with Crippen LogP contribution in [0.3, 0.4) is 0 Å². The molecule has 1 unspecified atom stereocenters. The Bertz CT molecular complexity index is 220. The van der Waals surface area contributed by atoms with Gasteiger partial charge in [-0.2, -0.15) is 0 Å². The molecule has 3 nitrogen and oxygen atoms in total. The Hall–Kier alpha value is 1.34. The van der Waals surface area contributed by atoms with Crippen molar-refractivity contribution in [3.05, 3.63) is 0 Å². The Balaban J connectivity index is -0.00000144. The summed E-state index contributed by atoms with van der Waals surface area (Å²) in [5.74, 6) is 0. The van der Waals surface area contributed by atoms with Crippen LogP contribution < -0.4 is 48.0 Å². The van der Waals surface area contributed by atoms with Crippen LogP contribution in [0.1, 0.15) is 34.6 Å². The van der Waals surface area contributed by atoms with E-state index in [1.807, 2.05) is 0 Å². The van der Waals surface area contributed by atoms with E-state index in [0.717, 1.165) is 28.7 Å². The maximum absolute atomic E-state index is 6.01. The molecule has 0 saturated carbocycles. The minimum Gasteiger partial charge on any atom is -1.00 e. The first kappa shape index (κ1) is 26.2. The molecule has 0 saturated heterocycles. The van der Waals surface area contributed by atoms with Crippen LogP contribution in [0.2, 0.25) is 0 Å². The van der Waals surface area contributed by atoms with Crippen LogP contribution >= 0.6 is 0 Å². The molecule has 126 valence electrons. The smallest absolute Gasteiger partial charge is 0.105 e. The summed E-state index contributed by atoms with van der Waals surface area (Å²) in [6.45, 7) is 19.1. The van der Waals surface area contributed by atoms with Crippen LogP contribution in [0, 0.1) is 0 Å². The van der Waals surface area contributed by atoms with E-state index < -0.39 is 0 Å². The largest absolute Gasteiger partial charge is 1.00 e. The Morgan fingerprint density at radius 3 is 1.55 bits per heavy atom. The van der Waals surface area contributed by atoms with Gasteiger partial charge in [0.25, 0.3) is 0 Å². The lowest BCUT2D eigenvalue weighted by atomic mass is 10.3. The number of quaternary nitrogens is 2. The first-order valence-electron chi connectivity index (χ1n) is 7.63. The first-order valence-corrected chi connectivity index (χ1v) is 7.63. The summed E-state index contributed by atoms with van der Waals surface area (Å²) in [5, 5.41) is 0. The second-order valence-corrected chi connectivity index (χ2v) is 6.09. The van der Waals surface area contributed by atoms with Crippen molar-refractivity contribution in [1.82, 2.24) is 0 Å². The Morgan fingerprint density at radius 1 is 0.800 bits per heavy atom. The highest BCUT2D eigenvalue weighted by Crippen LogP contribution is 2.07. The number of ether oxygens (including phenoxy) is 1. The molecule has 0 aromatic heterocycles. The van der Waals surface area contributed by atoms with Gasteiger partial charge in [0, 0.05) is 0 Å². The molecule has 5 heteroatoms. The summed E-state index contributed by atoms with van der Waals surface area (Å²) in [6, 6.07) is 0. The molecule has 0 heterocycles. The standard InChI is InChI=1S/C15H36N2O.2HI/c1-8-16(6,9-2)12-13-18-15(5)14-17(7,10-3)11-4;;/h15H,8-14H2,1-7H3;2*1H/q+2;;/p-2. The van der Waals surface area contributed by atoms with E-state index in [4.69, 9.17) is 4.74 Å². The fourth-order valence-corrected chi connectivity index (χ4v) is 2.17. The third kappa shape index (κ3) is 10.1. The van der Waals surface area contributed by atoms with Gasteiger partial charge in [-0.3, -0.25) is 0 Å². The van der Waals surface area contributed by atoms with E-state index in [2.05, 4.69) is 48.7 Å². The normalized spacial score (nSPS) is 13.3. The van der Waals surface area contributed by atoms with Gasteiger partial charge in [0.1, 0.15) is 19.2 Å². The molecule has 0 fully saturated rings. The monoisotopic (exact) mass is 514 g/mol. The lowest BCUT2D eigenvalue weighted by molar-refractivity contribution is -0.911. The molecular formula is C15H36I2N2O. The van der Waals surface area contributed by atoms with Gasteiger partial charge in [0.05, 0.1) is 46.9 Å². The predicted octanol–water partition coefficient (Wildman–Crippen LogP) is -3.63. The molecule has 0 rings (SSSR count). The van der Waals surface area contributed by atoms with E-state index in [-0.39, 0.29) is 48.0 Å². The fraction of sp³-hybridized carbons (Fsp3) is 1.00. The van der Waals surface area contributed by atoms with Gasteiger partial charge in [0.2, 0.25) is 0 Å². The molecule has 0 aliphatic rings. The molecular weight excluding hydrogens is 478 g/mol. The topological polar surface area (TPSA) is 9.23 Å². The third-order valence-electron chi connectivity index (χ3n) is 4.79. The van der Waals surface area contributed by atoms with Crippen molar-refractivity contribution < 1.29 is 61.7 Å². The molecule has 0 aromatic rings. The second-order valence-electron chi connectivity index (χ2n) is 6.09. The highest BCUT2D eigenvalue weighted by molar-refractivity contribution is 4.49. The van der Waals surface area contributed by atoms with Crippen molar-refractivity contribution in [2.24, 2.45) is 0 Å². The summed E-state index contributed by atoms with van der Waals surface area (Å²) in [4.78, 5) is 0. The molecule has 0 aliphatic carbocycles. The quantitative estimate of drug-likeness (QED) is 0.216. The summed E-state index contributed by atoms with van der Waals surface area (Å²) < 4.78 is 8.23. The number of hydrogen-bond acceptors (Lipinski definition) is 1. The molecule has 0 aromatic carbocycles. The maximum Gasteiger partial charge on any atom is 0.105 e. The van der Waals surface area contributed by atoms with E-state index in [1.54, 1.807) is 0 Å².